The van der Waals surface area contributed by atoms with Crippen LogP contribution in [-0.4, -0.2) is 7.05 Å². The van der Waals surface area contributed by atoms with E-state index in [9.17, 15) is 0 Å². The number of hydrogen-bond donors (Lipinski definition) is 1. The highest BCUT2D eigenvalue weighted by Gasteiger charge is 2.17. The molecule has 0 saturated heterocycles. The molecule has 3 heteroatoms. The lowest BCUT2D eigenvalue weighted by Gasteiger charge is -2.19. The van der Waals surface area contributed by atoms with Gasteiger partial charge in [0, 0.05) is 9.35 Å². The first-order valence-electron chi connectivity index (χ1n) is 5.60. The van der Waals surface area contributed by atoms with Crippen molar-refractivity contribution < 1.29 is 0 Å². The van der Waals surface area contributed by atoms with Gasteiger partial charge in [-0.15, -0.1) is 11.3 Å². The van der Waals surface area contributed by atoms with Gasteiger partial charge in [0.15, 0.2) is 0 Å². The Morgan fingerprint density at radius 3 is 2.47 bits per heavy atom. The minimum Gasteiger partial charge on any atom is -0.309 e. The molecule has 0 bridgehead atoms. The van der Waals surface area contributed by atoms with E-state index < -0.39 is 0 Å². The molecule has 1 unspecified atom stereocenters. The summed E-state index contributed by atoms with van der Waals surface area (Å²) in [5.74, 6) is 0. The van der Waals surface area contributed by atoms with Crippen molar-refractivity contribution in [3.8, 4) is 0 Å². The third-order valence-corrected chi connectivity index (χ3v) is 4.57. The van der Waals surface area contributed by atoms with Crippen LogP contribution in [0.5, 0.6) is 0 Å². The molecule has 0 saturated carbocycles. The maximum atomic E-state index is 3.51. The Kier molecular flexibility index (Phi) is 4.02. The van der Waals surface area contributed by atoms with Crippen LogP contribution >= 0.6 is 27.3 Å². The first kappa shape index (κ1) is 12.8. The van der Waals surface area contributed by atoms with E-state index >= 15 is 0 Å². The second-order valence-electron chi connectivity index (χ2n) is 4.19. The summed E-state index contributed by atoms with van der Waals surface area (Å²) in [4.78, 5) is 1.40. The average Bonchev–Trinajstić information content (AvgIpc) is 2.69. The van der Waals surface area contributed by atoms with Crippen LogP contribution in [0.25, 0.3) is 0 Å². The molecular formula is C14H16BrNS. The van der Waals surface area contributed by atoms with Crippen LogP contribution in [0.1, 0.15) is 27.6 Å². The van der Waals surface area contributed by atoms with Crippen LogP contribution in [0.4, 0.5) is 0 Å². The van der Waals surface area contributed by atoms with E-state index in [1.54, 1.807) is 0 Å². The quantitative estimate of drug-likeness (QED) is 0.884. The zero-order chi connectivity index (χ0) is 12.4. The van der Waals surface area contributed by atoms with Gasteiger partial charge in [0.05, 0.1) is 6.04 Å². The number of rotatable bonds is 3. The van der Waals surface area contributed by atoms with E-state index in [4.69, 9.17) is 0 Å². The Morgan fingerprint density at radius 2 is 1.94 bits per heavy atom. The Balaban J connectivity index is 2.46. The molecule has 17 heavy (non-hydrogen) atoms. The smallest absolute Gasteiger partial charge is 0.0673 e. The third-order valence-electron chi connectivity index (χ3n) is 3.00. The van der Waals surface area contributed by atoms with Crippen molar-refractivity contribution in [2.75, 3.05) is 7.05 Å². The standard InChI is InChI=1S/C14H16BrNS/c1-9-6-7-17-14(9)13(16-3)12-5-4-11(15)8-10(12)2/h4-8,13,16H,1-3H3. The van der Waals surface area contributed by atoms with Gasteiger partial charge in [0.25, 0.3) is 0 Å². The van der Waals surface area contributed by atoms with Gasteiger partial charge < -0.3 is 5.32 Å². The molecule has 1 aromatic carbocycles. The number of thiophene rings is 1. The van der Waals surface area contributed by atoms with Crippen molar-refractivity contribution in [1.29, 1.82) is 0 Å². The monoisotopic (exact) mass is 309 g/mol. The molecule has 0 aliphatic rings. The summed E-state index contributed by atoms with van der Waals surface area (Å²) < 4.78 is 1.14. The summed E-state index contributed by atoms with van der Waals surface area (Å²) in [6.07, 6.45) is 0. The van der Waals surface area contributed by atoms with Gasteiger partial charge in [-0.1, -0.05) is 22.0 Å². The summed E-state index contributed by atoms with van der Waals surface area (Å²) in [5.41, 5.74) is 4.02. The molecule has 0 fully saturated rings. The average molecular weight is 310 g/mol. The van der Waals surface area contributed by atoms with Crippen LogP contribution < -0.4 is 5.32 Å². The highest BCUT2D eigenvalue weighted by atomic mass is 79.9. The van der Waals surface area contributed by atoms with Gasteiger partial charge in [-0.2, -0.15) is 0 Å². The van der Waals surface area contributed by atoms with Gasteiger partial charge >= 0.3 is 0 Å². The first-order chi connectivity index (χ1) is 8.13. The Bertz CT molecular complexity index is 519. The molecule has 0 aliphatic heterocycles. The summed E-state index contributed by atoms with van der Waals surface area (Å²) in [6, 6.07) is 8.94. The molecule has 0 aliphatic carbocycles. The van der Waals surface area contributed by atoms with E-state index in [0.29, 0.717) is 6.04 Å². The molecule has 1 heterocycles. The van der Waals surface area contributed by atoms with Crippen LogP contribution in [0.2, 0.25) is 0 Å². The number of hydrogen-bond acceptors (Lipinski definition) is 2. The highest BCUT2D eigenvalue weighted by Crippen LogP contribution is 2.31. The van der Waals surface area contributed by atoms with E-state index in [1.807, 2.05) is 18.4 Å². The molecule has 90 valence electrons. The van der Waals surface area contributed by atoms with Gasteiger partial charge in [0.1, 0.15) is 0 Å². The maximum Gasteiger partial charge on any atom is 0.0673 e. The summed E-state index contributed by atoms with van der Waals surface area (Å²) in [7, 11) is 2.02. The second kappa shape index (κ2) is 5.34. The minimum absolute atomic E-state index is 0.295. The summed E-state index contributed by atoms with van der Waals surface area (Å²) in [6.45, 7) is 4.33. The fourth-order valence-electron chi connectivity index (χ4n) is 2.07. The second-order valence-corrected chi connectivity index (χ2v) is 6.05. The van der Waals surface area contributed by atoms with Gasteiger partial charge in [0.2, 0.25) is 0 Å². The van der Waals surface area contributed by atoms with Crippen molar-refractivity contribution in [3.05, 3.63) is 55.7 Å². The lowest BCUT2D eigenvalue weighted by atomic mass is 9.98. The number of nitrogens with one attached hydrogen (secondary N) is 1. The number of halogens is 1. The zero-order valence-corrected chi connectivity index (χ0v) is 12.7. The fraction of sp³-hybridized carbons (Fsp3) is 0.286. The van der Waals surface area contributed by atoms with E-state index in [-0.39, 0.29) is 0 Å². The van der Waals surface area contributed by atoms with Crippen molar-refractivity contribution in [1.82, 2.24) is 5.32 Å². The Labute approximate surface area is 115 Å². The predicted octanol–water partition coefficient (Wildman–Crippen LogP) is 4.44. The van der Waals surface area contributed by atoms with E-state index in [2.05, 4.69) is 64.7 Å². The molecule has 0 amide bonds. The van der Waals surface area contributed by atoms with Crippen LogP contribution in [0, 0.1) is 13.8 Å². The van der Waals surface area contributed by atoms with Crippen LogP contribution in [0.3, 0.4) is 0 Å². The number of aryl methyl sites for hydroxylation is 2. The highest BCUT2D eigenvalue weighted by molar-refractivity contribution is 9.10. The first-order valence-corrected chi connectivity index (χ1v) is 7.28. The topological polar surface area (TPSA) is 12.0 Å². The van der Waals surface area contributed by atoms with Crippen molar-refractivity contribution in [2.24, 2.45) is 0 Å². The van der Waals surface area contributed by atoms with Gasteiger partial charge in [-0.3, -0.25) is 0 Å². The van der Waals surface area contributed by atoms with Crippen LogP contribution in [-0.2, 0) is 0 Å². The molecular weight excluding hydrogens is 294 g/mol. The molecule has 0 spiro atoms. The van der Waals surface area contributed by atoms with E-state index in [1.165, 1.54) is 21.6 Å². The van der Waals surface area contributed by atoms with Crippen molar-refractivity contribution in [3.63, 3.8) is 0 Å². The zero-order valence-electron chi connectivity index (χ0n) is 10.3. The van der Waals surface area contributed by atoms with E-state index in [0.717, 1.165) is 4.47 Å². The summed E-state index contributed by atoms with van der Waals surface area (Å²) >= 11 is 5.33. The third kappa shape index (κ3) is 2.62. The SMILES string of the molecule is CNC(c1ccc(Br)cc1C)c1sccc1C. The minimum atomic E-state index is 0.295. The number of benzene rings is 1. The van der Waals surface area contributed by atoms with Crippen molar-refractivity contribution in [2.45, 2.75) is 19.9 Å². The predicted molar refractivity (Wildman–Crippen MR) is 78.8 cm³/mol. The maximum absolute atomic E-state index is 3.51. The molecule has 2 aromatic rings. The largest absolute Gasteiger partial charge is 0.309 e. The lowest BCUT2D eigenvalue weighted by molar-refractivity contribution is 0.696. The van der Waals surface area contributed by atoms with Crippen molar-refractivity contribution >= 4 is 27.3 Å². The molecule has 1 aromatic heterocycles. The molecule has 1 nitrogen and oxygen atoms in total. The van der Waals surface area contributed by atoms with Gasteiger partial charge in [-0.25, -0.2) is 0 Å². The fourth-order valence-corrected chi connectivity index (χ4v) is 3.60. The normalized spacial score (nSPS) is 12.7. The molecule has 0 radical (unpaired) electrons. The molecule has 2 rings (SSSR count). The lowest BCUT2D eigenvalue weighted by Crippen LogP contribution is -2.18. The van der Waals surface area contributed by atoms with Crippen LogP contribution in [0.15, 0.2) is 34.1 Å². The molecule has 1 N–H and O–H groups in total. The van der Waals surface area contributed by atoms with Gasteiger partial charge in [-0.05, 0) is 61.2 Å². The molecule has 1 atom stereocenters. The summed E-state index contributed by atoms with van der Waals surface area (Å²) in [5, 5.41) is 5.57. The Morgan fingerprint density at radius 1 is 1.18 bits per heavy atom. The Hall–Kier alpha value is -0.640.